The number of morpholine rings is 1. The molecule has 11 heterocycles. The van der Waals surface area contributed by atoms with Crippen LogP contribution in [0.25, 0.3) is 55.6 Å². The third-order valence-corrected chi connectivity index (χ3v) is 18.5. The van der Waals surface area contributed by atoms with E-state index in [9.17, 15) is 14.4 Å². The Morgan fingerprint density at radius 2 is 0.823 bits per heavy atom. The Hall–Kier alpha value is -7.79. The Balaban J connectivity index is 0.000000134. The molecule has 506 valence electrons. The van der Waals surface area contributed by atoms with Crippen molar-refractivity contribution >= 4 is 104 Å². The van der Waals surface area contributed by atoms with Crippen molar-refractivity contribution in [2.45, 2.75) is 115 Å². The number of hydrogen-bond acceptors (Lipinski definition) is 22. The number of fused-ring (bicyclic) bond motifs is 3. The first kappa shape index (κ1) is 69.6. The van der Waals surface area contributed by atoms with Gasteiger partial charge in [-0.15, -0.1) is 0 Å². The Bertz CT molecular complexity index is 4120. The zero-order valence-electron chi connectivity index (χ0n) is 54.8. The van der Waals surface area contributed by atoms with Gasteiger partial charge in [-0.2, -0.15) is 30.2 Å². The summed E-state index contributed by atoms with van der Waals surface area (Å²) in [7, 11) is 3.80. The van der Waals surface area contributed by atoms with Gasteiger partial charge in [-0.25, -0.2) is 29.0 Å². The molecule has 0 N–H and O–H groups in total. The largest absolute Gasteiger partial charge is 0.494 e. The van der Waals surface area contributed by atoms with Crippen LogP contribution < -0.4 is 10.4 Å². The quantitative estimate of drug-likeness (QED) is 0.0341. The highest BCUT2D eigenvalue weighted by atomic mass is 35.5. The number of hydrogen-bond donors (Lipinski definition) is 0. The van der Waals surface area contributed by atoms with Crippen LogP contribution in [0, 0.1) is 0 Å². The first-order chi connectivity index (χ1) is 46.4. The molecule has 0 amide bonds. The summed E-state index contributed by atoms with van der Waals surface area (Å²) in [4.78, 5) is 63.3. The third kappa shape index (κ3) is 16.6. The maximum absolute atomic E-state index is 11.6. The Morgan fingerprint density at radius 3 is 1.24 bits per heavy atom. The summed E-state index contributed by atoms with van der Waals surface area (Å²) in [5.74, 6) is -0.0703. The highest BCUT2D eigenvalue weighted by Gasteiger charge is 2.51. The predicted molar refractivity (Wildman–Crippen MR) is 361 cm³/mol. The lowest BCUT2D eigenvalue weighted by molar-refractivity contribution is -0.140. The van der Waals surface area contributed by atoms with Crippen LogP contribution in [0.4, 0.5) is 5.95 Å². The molecule has 0 atom stereocenters. The number of halogens is 3. The molecule has 14 rings (SSSR count). The van der Waals surface area contributed by atoms with Crippen LogP contribution in [0.2, 0.25) is 15.7 Å². The molecule has 5 saturated heterocycles. The molecule has 0 aliphatic carbocycles. The Kier molecular flexibility index (Phi) is 22.9. The number of esters is 3. The number of rotatable bonds is 13. The lowest BCUT2D eigenvalue weighted by Crippen LogP contribution is -2.41. The standard InChI is InChI=1S/C23H27N5O4.C19H19ClN4O3.C15H21BO4.C10H10Cl2N4O/c1-30-20(29)14-16-2-4-17(5-3-16)21-19-15-24-28(18-6-10-31-11-7-18)22(19)26-23(25-21)27-8-12-32-13-9-27;1-26-16(25)10-12-2-4-13(5-3-12)17-15-11-21-24(14-6-8-27-9-7-14)18(15)23-19(20)22-17;1-14(2)15(3,4)20-16(19-14)12-8-6-11(7-9-12)10-13(17)18-5;11-8-7-5-13-16(6-1-3-17-4-2-6)9(7)15-10(12)14-8/h2-5,15,18H,6-14H2,1H3;2-5,11,14H,6-10H2,1H3;6-9H,10H2,1-5H3;5-6H,1-4H2. The van der Waals surface area contributed by atoms with Crippen molar-refractivity contribution in [3.05, 3.63) is 124 Å². The molecular formula is C67H77BCl3N13O12. The van der Waals surface area contributed by atoms with Crippen molar-refractivity contribution in [3.63, 3.8) is 0 Å². The van der Waals surface area contributed by atoms with E-state index in [0.717, 1.165) is 163 Å². The van der Waals surface area contributed by atoms with E-state index in [2.05, 4.69) is 39.8 Å². The molecule has 6 aromatic heterocycles. The number of carbonyl (C=O) groups is 3. The van der Waals surface area contributed by atoms with Crippen molar-refractivity contribution in [3.8, 4) is 22.5 Å². The minimum atomic E-state index is -0.368. The van der Waals surface area contributed by atoms with Gasteiger partial charge in [0.15, 0.2) is 16.9 Å². The second kappa shape index (κ2) is 31.6. The normalized spacial score (nSPS) is 17.4. The molecule has 96 heavy (non-hydrogen) atoms. The highest BCUT2D eigenvalue weighted by Crippen LogP contribution is 2.38. The van der Waals surface area contributed by atoms with E-state index in [-0.39, 0.29) is 78.1 Å². The van der Waals surface area contributed by atoms with E-state index < -0.39 is 0 Å². The molecule has 9 aromatic rings. The van der Waals surface area contributed by atoms with Crippen LogP contribution in [0.5, 0.6) is 0 Å². The summed E-state index contributed by atoms with van der Waals surface area (Å²) in [6.07, 6.45) is 11.6. The van der Waals surface area contributed by atoms with E-state index >= 15 is 0 Å². The summed E-state index contributed by atoms with van der Waals surface area (Å²) >= 11 is 18.0. The molecule has 5 fully saturated rings. The van der Waals surface area contributed by atoms with Gasteiger partial charge in [0.25, 0.3) is 0 Å². The molecule has 0 saturated carbocycles. The van der Waals surface area contributed by atoms with Crippen LogP contribution in [0.3, 0.4) is 0 Å². The molecule has 0 bridgehead atoms. The van der Waals surface area contributed by atoms with Crippen molar-refractivity contribution in [2.24, 2.45) is 0 Å². The number of benzene rings is 3. The third-order valence-electron chi connectivity index (χ3n) is 17.8. The predicted octanol–water partition coefficient (Wildman–Crippen LogP) is 9.80. The molecule has 0 unspecified atom stereocenters. The molecule has 5 aliphatic heterocycles. The second-order valence-electron chi connectivity index (χ2n) is 24.6. The zero-order chi connectivity index (χ0) is 67.5. The fourth-order valence-electron chi connectivity index (χ4n) is 11.7. The fraction of sp³-hybridized carbons (Fsp3) is 0.463. The van der Waals surface area contributed by atoms with Crippen LogP contribution in [-0.4, -0.2) is 183 Å². The van der Waals surface area contributed by atoms with Crippen molar-refractivity contribution in [2.75, 3.05) is 92.2 Å². The van der Waals surface area contributed by atoms with Crippen LogP contribution in [0.15, 0.2) is 91.4 Å². The smallest absolute Gasteiger partial charge is 0.469 e. The maximum Gasteiger partial charge on any atom is 0.494 e. The first-order valence-corrected chi connectivity index (χ1v) is 33.1. The van der Waals surface area contributed by atoms with Crippen molar-refractivity contribution in [1.82, 2.24) is 59.2 Å². The van der Waals surface area contributed by atoms with Gasteiger partial charge < -0.3 is 47.4 Å². The molecule has 29 heteroatoms. The minimum Gasteiger partial charge on any atom is -0.469 e. The molecular weight excluding hydrogens is 1300 g/mol. The molecule has 0 spiro atoms. The number of methoxy groups -OCH3 is 3. The van der Waals surface area contributed by atoms with E-state index in [1.165, 1.54) is 21.3 Å². The first-order valence-electron chi connectivity index (χ1n) is 32.0. The van der Waals surface area contributed by atoms with Crippen molar-refractivity contribution < 1.29 is 56.9 Å². The molecule has 25 nitrogen and oxygen atoms in total. The average molecular weight is 1370 g/mol. The molecule has 0 radical (unpaired) electrons. The topological polar surface area (TPSA) is 268 Å². The van der Waals surface area contributed by atoms with Gasteiger partial charge in [-0.1, -0.05) is 84.4 Å². The van der Waals surface area contributed by atoms with Gasteiger partial charge >= 0.3 is 25.0 Å². The fourth-order valence-corrected chi connectivity index (χ4v) is 12.3. The van der Waals surface area contributed by atoms with Crippen LogP contribution >= 0.6 is 34.8 Å². The number of anilines is 1. The van der Waals surface area contributed by atoms with Gasteiger partial charge in [-0.05, 0) is 112 Å². The van der Waals surface area contributed by atoms with Crippen LogP contribution in [0.1, 0.15) is 101 Å². The van der Waals surface area contributed by atoms with E-state index in [4.69, 9.17) is 87.6 Å². The van der Waals surface area contributed by atoms with Gasteiger partial charge in [0.2, 0.25) is 16.5 Å². The number of ether oxygens (including phenoxy) is 7. The zero-order valence-corrected chi connectivity index (χ0v) is 57.0. The van der Waals surface area contributed by atoms with Gasteiger partial charge in [0.1, 0.15) is 5.15 Å². The maximum atomic E-state index is 11.6. The Labute approximate surface area is 570 Å². The van der Waals surface area contributed by atoms with Gasteiger partial charge in [-0.3, -0.25) is 14.4 Å². The number of carbonyl (C=O) groups excluding carboxylic acids is 3. The Morgan fingerprint density at radius 1 is 0.469 bits per heavy atom. The molecule has 3 aromatic carbocycles. The summed E-state index contributed by atoms with van der Waals surface area (Å²) in [6.45, 7) is 15.4. The van der Waals surface area contributed by atoms with Gasteiger partial charge in [0.05, 0.1) is 129 Å². The second-order valence-corrected chi connectivity index (χ2v) is 25.6. The number of aromatic nitrogens is 12. The highest BCUT2D eigenvalue weighted by molar-refractivity contribution is 6.62. The monoisotopic (exact) mass is 1370 g/mol. The van der Waals surface area contributed by atoms with Crippen LogP contribution in [-0.2, 0) is 76.1 Å². The van der Waals surface area contributed by atoms with E-state index in [1.807, 2.05) is 121 Å². The summed E-state index contributed by atoms with van der Waals surface area (Å²) in [5.41, 5.74) is 8.67. The minimum absolute atomic E-state index is 0.149. The SMILES string of the molecule is COC(=O)Cc1ccc(-c2nc(Cl)nc3c2cnn3C2CCOCC2)cc1.COC(=O)Cc1ccc(-c2nc(N3CCOCC3)nc3c2cnn3C2CCOCC2)cc1.COC(=O)Cc1ccc(B2OC(C)(C)C(C)(C)O2)cc1.Clc1nc(Cl)c2cnn(C3CCOCC3)c2n1. The molecule has 5 aliphatic rings. The van der Waals surface area contributed by atoms with Gasteiger partial charge in [0, 0.05) is 63.9 Å². The summed E-state index contributed by atoms with van der Waals surface area (Å²) < 4.78 is 53.8. The van der Waals surface area contributed by atoms with Crippen molar-refractivity contribution in [1.29, 1.82) is 0 Å². The number of nitrogens with zero attached hydrogens (tertiary/aromatic N) is 13. The van der Waals surface area contributed by atoms with E-state index in [1.54, 1.807) is 12.4 Å². The summed E-state index contributed by atoms with van der Waals surface area (Å²) in [6, 6.07) is 24.0. The lowest BCUT2D eigenvalue weighted by atomic mass is 9.79. The lowest BCUT2D eigenvalue weighted by Gasteiger charge is -2.32. The summed E-state index contributed by atoms with van der Waals surface area (Å²) in [5, 5.41) is 16.8. The van der Waals surface area contributed by atoms with E-state index in [0.29, 0.717) is 36.0 Å². The average Bonchev–Trinajstić information content (AvgIpc) is 1.57.